The van der Waals surface area contributed by atoms with Gasteiger partial charge in [-0.25, -0.2) is 9.97 Å². The zero-order valence-electron chi connectivity index (χ0n) is 20.0. The Balaban J connectivity index is 1.56. The molecule has 0 radical (unpaired) electrons. The van der Waals surface area contributed by atoms with Gasteiger partial charge in [0.25, 0.3) is 0 Å². The van der Waals surface area contributed by atoms with Crippen molar-refractivity contribution >= 4 is 46.0 Å². The highest BCUT2D eigenvalue weighted by molar-refractivity contribution is 6.42. The second-order valence-corrected chi connectivity index (χ2v) is 9.45. The fourth-order valence-corrected chi connectivity index (χ4v) is 4.40. The number of hydrogen-bond acceptors (Lipinski definition) is 5. The third-order valence-corrected chi connectivity index (χ3v) is 6.65. The van der Waals surface area contributed by atoms with E-state index in [1.807, 2.05) is 54.6 Å². The number of ether oxygens (including phenoxy) is 1. The highest BCUT2D eigenvalue weighted by atomic mass is 35.5. The molecule has 0 saturated carbocycles. The summed E-state index contributed by atoms with van der Waals surface area (Å²) in [7, 11) is 1.40. The average molecular weight is 521 g/mol. The molecule has 0 atom stereocenters. The van der Waals surface area contributed by atoms with Gasteiger partial charge in [-0.15, -0.1) is 0 Å². The number of Topliss-reactive ketones (excluding diaryl/α,β-unsaturated/α-hetero) is 1. The Morgan fingerprint density at radius 3 is 2.25 bits per heavy atom. The van der Waals surface area contributed by atoms with Crippen molar-refractivity contribution in [3.8, 4) is 11.3 Å². The maximum atomic E-state index is 12.7. The number of nitrogens with zero attached hydrogens (tertiary/aromatic N) is 2. The van der Waals surface area contributed by atoms with Crippen molar-refractivity contribution in [2.75, 3.05) is 7.11 Å². The van der Waals surface area contributed by atoms with Crippen molar-refractivity contribution in [1.29, 1.82) is 0 Å². The summed E-state index contributed by atoms with van der Waals surface area (Å²) in [5.74, 6) is -0.136. The molecular weight excluding hydrogens is 495 g/mol. The van der Waals surface area contributed by atoms with E-state index >= 15 is 0 Å². The standard InChI is InChI=1S/C29H26Cl2N2O3/c1-36-28(35)10-6-5-9-26-29(21-7-3-2-4-8-21)33-25-14-12-20(18-27(25)32-26)16-22(34)15-19-11-13-23(30)24(31)17-19/h2-4,7-8,11-14,17-18H,5-6,9-10,15-16H2,1H3. The molecular formula is C29H26Cl2N2O3. The van der Waals surface area contributed by atoms with Crippen LogP contribution in [0.25, 0.3) is 22.3 Å². The van der Waals surface area contributed by atoms with Crippen LogP contribution >= 0.6 is 23.2 Å². The zero-order valence-corrected chi connectivity index (χ0v) is 21.5. The molecule has 0 unspecified atom stereocenters. The Morgan fingerprint density at radius 1 is 0.806 bits per heavy atom. The quantitative estimate of drug-likeness (QED) is 0.169. The average Bonchev–Trinajstić information content (AvgIpc) is 2.88. The molecule has 1 heterocycles. The predicted octanol–water partition coefficient (Wildman–Crippen LogP) is 6.84. The van der Waals surface area contributed by atoms with Crippen LogP contribution in [0.1, 0.15) is 36.1 Å². The van der Waals surface area contributed by atoms with E-state index in [4.69, 9.17) is 37.9 Å². The van der Waals surface area contributed by atoms with E-state index in [1.165, 1.54) is 7.11 Å². The van der Waals surface area contributed by atoms with Gasteiger partial charge in [0.1, 0.15) is 5.78 Å². The molecule has 0 aliphatic carbocycles. The molecule has 0 fully saturated rings. The molecule has 0 aliphatic rings. The van der Waals surface area contributed by atoms with E-state index in [9.17, 15) is 9.59 Å². The first-order chi connectivity index (χ1) is 17.4. The molecule has 0 saturated heterocycles. The normalized spacial score (nSPS) is 11.0. The maximum Gasteiger partial charge on any atom is 0.305 e. The lowest BCUT2D eigenvalue weighted by atomic mass is 10.0. The van der Waals surface area contributed by atoms with Gasteiger partial charge in [-0.1, -0.05) is 65.7 Å². The minimum absolute atomic E-state index is 0.0737. The highest BCUT2D eigenvalue weighted by Crippen LogP contribution is 2.26. The van der Waals surface area contributed by atoms with Gasteiger partial charge >= 0.3 is 5.97 Å². The minimum atomic E-state index is -0.210. The first-order valence-corrected chi connectivity index (χ1v) is 12.6. The van der Waals surface area contributed by atoms with Gasteiger partial charge in [-0.3, -0.25) is 9.59 Å². The van der Waals surface area contributed by atoms with Crippen molar-refractivity contribution in [2.24, 2.45) is 0 Å². The monoisotopic (exact) mass is 520 g/mol. The zero-order chi connectivity index (χ0) is 25.5. The van der Waals surface area contributed by atoms with Crippen LogP contribution in [0, 0.1) is 0 Å². The van der Waals surface area contributed by atoms with Gasteiger partial charge in [0.15, 0.2) is 0 Å². The number of unbranched alkanes of at least 4 members (excludes halogenated alkanes) is 1. The molecule has 4 aromatic rings. The molecule has 3 aromatic carbocycles. The molecule has 0 amide bonds. The molecule has 0 N–H and O–H groups in total. The number of hydrogen-bond donors (Lipinski definition) is 0. The summed E-state index contributed by atoms with van der Waals surface area (Å²) in [4.78, 5) is 34.0. The van der Waals surface area contributed by atoms with Gasteiger partial charge in [0.05, 0.1) is 39.6 Å². The van der Waals surface area contributed by atoms with E-state index in [0.29, 0.717) is 29.3 Å². The van der Waals surface area contributed by atoms with Gasteiger partial charge in [-0.05, 0) is 54.7 Å². The molecule has 184 valence electrons. The predicted molar refractivity (Wildman–Crippen MR) is 143 cm³/mol. The summed E-state index contributed by atoms with van der Waals surface area (Å²) < 4.78 is 4.74. The third-order valence-electron chi connectivity index (χ3n) is 5.91. The highest BCUT2D eigenvalue weighted by Gasteiger charge is 2.13. The van der Waals surface area contributed by atoms with Crippen molar-refractivity contribution in [3.05, 3.63) is 93.6 Å². The van der Waals surface area contributed by atoms with Crippen LogP contribution in [-0.4, -0.2) is 28.8 Å². The summed E-state index contributed by atoms with van der Waals surface area (Å²) >= 11 is 12.1. The van der Waals surface area contributed by atoms with E-state index in [-0.39, 0.29) is 24.6 Å². The Hall–Kier alpha value is -3.28. The number of benzene rings is 3. The molecule has 0 bridgehead atoms. The van der Waals surface area contributed by atoms with Crippen LogP contribution in [0.2, 0.25) is 10.0 Å². The van der Waals surface area contributed by atoms with Crippen LogP contribution in [0.3, 0.4) is 0 Å². The molecule has 5 nitrogen and oxygen atoms in total. The number of esters is 1. The largest absolute Gasteiger partial charge is 0.469 e. The summed E-state index contributed by atoms with van der Waals surface area (Å²) in [6, 6.07) is 21.0. The number of carbonyl (C=O) groups is 2. The molecule has 1 aromatic heterocycles. The van der Waals surface area contributed by atoms with Crippen LogP contribution < -0.4 is 0 Å². The second-order valence-electron chi connectivity index (χ2n) is 8.63. The lowest BCUT2D eigenvalue weighted by Gasteiger charge is -2.11. The van der Waals surface area contributed by atoms with Gasteiger partial charge in [-0.2, -0.15) is 0 Å². The fraction of sp³-hybridized carbons (Fsp3) is 0.241. The Bertz CT molecular complexity index is 1390. The van der Waals surface area contributed by atoms with Crippen molar-refractivity contribution < 1.29 is 14.3 Å². The number of aryl methyl sites for hydroxylation is 1. The number of methoxy groups -OCH3 is 1. The summed E-state index contributed by atoms with van der Waals surface area (Å²) in [6.45, 7) is 0. The number of halogens is 2. The number of rotatable bonds is 10. The van der Waals surface area contributed by atoms with E-state index < -0.39 is 0 Å². The Labute approximate surface area is 220 Å². The lowest BCUT2D eigenvalue weighted by molar-refractivity contribution is -0.140. The lowest BCUT2D eigenvalue weighted by Crippen LogP contribution is -2.07. The van der Waals surface area contributed by atoms with E-state index in [2.05, 4.69) is 0 Å². The van der Waals surface area contributed by atoms with Crippen molar-refractivity contribution in [3.63, 3.8) is 0 Å². The van der Waals surface area contributed by atoms with Gasteiger partial charge < -0.3 is 4.74 Å². The van der Waals surface area contributed by atoms with Crippen LogP contribution in [0.15, 0.2) is 66.7 Å². The fourth-order valence-electron chi connectivity index (χ4n) is 4.08. The number of carbonyl (C=O) groups excluding carboxylic acids is 2. The molecule has 36 heavy (non-hydrogen) atoms. The first-order valence-electron chi connectivity index (χ1n) is 11.8. The third kappa shape index (κ3) is 6.68. The Kier molecular flexibility index (Phi) is 8.68. The smallest absolute Gasteiger partial charge is 0.305 e. The van der Waals surface area contributed by atoms with Crippen molar-refractivity contribution in [1.82, 2.24) is 9.97 Å². The SMILES string of the molecule is COC(=O)CCCCc1nc2cc(CC(=O)Cc3ccc(Cl)c(Cl)c3)ccc2nc1-c1ccccc1. The molecule has 0 spiro atoms. The van der Waals surface area contributed by atoms with Gasteiger partial charge in [0, 0.05) is 24.8 Å². The first kappa shape index (κ1) is 25.8. The Morgan fingerprint density at radius 2 is 1.53 bits per heavy atom. The summed E-state index contributed by atoms with van der Waals surface area (Å²) in [6.07, 6.45) is 3.13. The molecule has 4 rings (SSSR count). The van der Waals surface area contributed by atoms with E-state index in [0.717, 1.165) is 45.5 Å². The second kappa shape index (κ2) is 12.1. The minimum Gasteiger partial charge on any atom is -0.469 e. The summed E-state index contributed by atoms with van der Waals surface area (Å²) in [5, 5.41) is 0.910. The van der Waals surface area contributed by atoms with Crippen LogP contribution in [0.5, 0.6) is 0 Å². The number of ketones is 1. The van der Waals surface area contributed by atoms with Crippen molar-refractivity contribution in [2.45, 2.75) is 38.5 Å². The number of aromatic nitrogens is 2. The molecule has 0 aliphatic heterocycles. The summed E-state index contributed by atoms with van der Waals surface area (Å²) in [5.41, 5.74) is 5.94. The number of fused-ring (bicyclic) bond motifs is 1. The van der Waals surface area contributed by atoms with E-state index in [1.54, 1.807) is 12.1 Å². The molecule has 7 heteroatoms. The van der Waals surface area contributed by atoms with Crippen LogP contribution in [0.4, 0.5) is 0 Å². The maximum absolute atomic E-state index is 12.7. The topological polar surface area (TPSA) is 69.2 Å². The van der Waals surface area contributed by atoms with Gasteiger partial charge in [0.2, 0.25) is 0 Å². The van der Waals surface area contributed by atoms with Crippen LogP contribution in [-0.2, 0) is 33.6 Å².